The van der Waals surface area contributed by atoms with Gasteiger partial charge in [0.2, 0.25) is 0 Å². The van der Waals surface area contributed by atoms with Gasteiger partial charge in [0.25, 0.3) is 5.56 Å². The van der Waals surface area contributed by atoms with Gasteiger partial charge in [0.1, 0.15) is 11.6 Å². The van der Waals surface area contributed by atoms with Crippen LogP contribution in [0.2, 0.25) is 0 Å². The zero-order valence-corrected chi connectivity index (χ0v) is 8.81. The van der Waals surface area contributed by atoms with Crippen LogP contribution >= 0.6 is 0 Å². The lowest BCUT2D eigenvalue weighted by molar-refractivity contribution is 0.533. The maximum Gasteiger partial charge on any atom is 0.269 e. The second-order valence-electron chi connectivity index (χ2n) is 3.34. The quantitative estimate of drug-likeness (QED) is 0.703. The fourth-order valence-corrected chi connectivity index (χ4v) is 1.52. The minimum Gasteiger partial charge on any atom is -0.308 e. The highest BCUT2D eigenvalue weighted by Gasteiger charge is 2.09. The summed E-state index contributed by atoms with van der Waals surface area (Å²) in [6.45, 7) is 5.76. The second-order valence-corrected chi connectivity index (χ2v) is 3.34. The van der Waals surface area contributed by atoms with Crippen molar-refractivity contribution in [2.75, 3.05) is 0 Å². The van der Waals surface area contributed by atoms with Crippen LogP contribution in [0.25, 0.3) is 0 Å². The summed E-state index contributed by atoms with van der Waals surface area (Å²) >= 11 is 0. The van der Waals surface area contributed by atoms with E-state index in [-0.39, 0.29) is 17.2 Å². The molecule has 3 heteroatoms. The van der Waals surface area contributed by atoms with Crippen molar-refractivity contribution in [3.63, 3.8) is 0 Å². The van der Waals surface area contributed by atoms with E-state index in [1.807, 2.05) is 6.07 Å². The van der Waals surface area contributed by atoms with Crippen molar-refractivity contribution in [3.8, 4) is 6.07 Å². The van der Waals surface area contributed by atoms with Gasteiger partial charge in [-0.2, -0.15) is 5.26 Å². The number of hydrogen-bond acceptors (Lipinski definition) is 2. The third kappa shape index (κ3) is 2.35. The molecule has 0 bridgehead atoms. The lowest BCUT2D eigenvalue weighted by Crippen LogP contribution is -2.24. The topological polar surface area (TPSA) is 45.8 Å². The van der Waals surface area contributed by atoms with Crippen LogP contribution in [0.5, 0.6) is 0 Å². The Morgan fingerprint density at radius 2 is 2.47 bits per heavy atom. The molecule has 1 atom stereocenters. The Hall–Kier alpha value is -1.82. The molecule has 0 aliphatic rings. The van der Waals surface area contributed by atoms with Gasteiger partial charge in [0.15, 0.2) is 0 Å². The molecule has 0 fully saturated rings. The first-order valence-corrected chi connectivity index (χ1v) is 4.98. The predicted molar refractivity (Wildman–Crippen MR) is 59.6 cm³/mol. The summed E-state index contributed by atoms with van der Waals surface area (Å²) in [6.07, 6.45) is 5.27. The van der Waals surface area contributed by atoms with E-state index in [0.717, 1.165) is 12.8 Å². The van der Waals surface area contributed by atoms with Gasteiger partial charge in [-0.05, 0) is 18.6 Å². The maximum atomic E-state index is 11.8. The normalized spacial score (nSPS) is 11.7. The van der Waals surface area contributed by atoms with Gasteiger partial charge in [-0.25, -0.2) is 0 Å². The molecule has 0 saturated carbocycles. The fraction of sp³-hybridized carbons (Fsp3) is 0.333. The first-order valence-electron chi connectivity index (χ1n) is 4.98. The van der Waals surface area contributed by atoms with Gasteiger partial charge >= 0.3 is 0 Å². The zero-order valence-electron chi connectivity index (χ0n) is 8.81. The van der Waals surface area contributed by atoms with Crippen LogP contribution in [0.3, 0.4) is 0 Å². The van der Waals surface area contributed by atoms with Crippen molar-refractivity contribution in [1.82, 2.24) is 4.57 Å². The van der Waals surface area contributed by atoms with E-state index < -0.39 is 0 Å². The van der Waals surface area contributed by atoms with Gasteiger partial charge in [-0.3, -0.25) is 4.79 Å². The summed E-state index contributed by atoms with van der Waals surface area (Å²) in [5.74, 6) is 0. The molecule has 1 rings (SSSR count). The largest absolute Gasteiger partial charge is 0.308 e. The third-order valence-electron chi connectivity index (χ3n) is 2.31. The molecule has 0 amide bonds. The van der Waals surface area contributed by atoms with E-state index >= 15 is 0 Å². The second kappa shape index (κ2) is 5.16. The van der Waals surface area contributed by atoms with Gasteiger partial charge < -0.3 is 4.57 Å². The Balaban J connectivity index is 3.20. The van der Waals surface area contributed by atoms with E-state index in [9.17, 15) is 4.79 Å². The van der Waals surface area contributed by atoms with E-state index in [1.165, 1.54) is 6.07 Å². The molecule has 0 aliphatic carbocycles. The summed E-state index contributed by atoms with van der Waals surface area (Å²) in [4.78, 5) is 11.8. The molecular formula is C12H14N2O. The van der Waals surface area contributed by atoms with Gasteiger partial charge in [0.05, 0.1) is 6.04 Å². The molecule has 1 aromatic heterocycles. The van der Waals surface area contributed by atoms with Crippen molar-refractivity contribution in [3.05, 3.63) is 46.9 Å². The molecule has 0 unspecified atom stereocenters. The van der Waals surface area contributed by atoms with Crippen LogP contribution in [-0.2, 0) is 0 Å². The number of hydrogen-bond donors (Lipinski definition) is 0. The summed E-state index contributed by atoms with van der Waals surface area (Å²) in [7, 11) is 0. The smallest absolute Gasteiger partial charge is 0.269 e. The molecule has 1 aromatic rings. The lowest BCUT2D eigenvalue weighted by atomic mass is 10.1. The van der Waals surface area contributed by atoms with E-state index in [1.54, 1.807) is 22.9 Å². The summed E-state index contributed by atoms with van der Waals surface area (Å²) in [5, 5.41) is 8.74. The Bertz CT molecular complexity index is 440. The maximum absolute atomic E-state index is 11.8. The van der Waals surface area contributed by atoms with Gasteiger partial charge in [-0.15, -0.1) is 6.58 Å². The van der Waals surface area contributed by atoms with Crippen LogP contribution in [0.1, 0.15) is 31.4 Å². The molecule has 15 heavy (non-hydrogen) atoms. The Labute approximate surface area is 89.3 Å². The Morgan fingerprint density at radius 3 is 3.00 bits per heavy atom. The zero-order chi connectivity index (χ0) is 11.3. The molecule has 78 valence electrons. The van der Waals surface area contributed by atoms with E-state index in [4.69, 9.17) is 5.26 Å². The molecule has 0 aromatic carbocycles. The minimum atomic E-state index is -0.238. The van der Waals surface area contributed by atoms with Crippen molar-refractivity contribution in [1.29, 1.82) is 5.26 Å². The molecular weight excluding hydrogens is 188 g/mol. The summed E-state index contributed by atoms with van der Waals surface area (Å²) in [6, 6.07) is 5.12. The van der Waals surface area contributed by atoms with Gasteiger partial charge in [-0.1, -0.05) is 19.4 Å². The van der Waals surface area contributed by atoms with Crippen LogP contribution in [-0.4, -0.2) is 4.57 Å². The van der Waals surface area contributed by atoms with E-state index in [2.05, 4.69) is 13.5 Å². The van der Waals surface area contributed by atoms with Crippen LogP contribution in [0, 0.1) is 11.3 Å². The van der Waals surface area contributed by atoms with Crippen molar-refractivity contribution < 1.29 is 0 Å². The first kappa shape index (κ1) is 11.3. The first-order chi connectivity index (χ1) is 7.24. The standard InChI is InChI=1S/C12H14N2O/c1-3-6-11(4-2)14-8-5-7-10(9-13)12(14)15/h4-5,7-8,11H,2-3,6H2,1H3/t11-/m1/s1. The number of allylic oxidation sites excluding steroid dienone is 1. The summed E-state index contributed by atoms with van der Waals surface area (Å²) in [5.41, 5.74) is -0.0567. The molecule has 0 N–H and O–H groups in total. The number of nitrogens with zero attached hydrogens (tertiary/aromatic N) is 2. The fourth-order valence-electron chi connectivity index (χ4n) is 1.52. The molecule has 0 radical (unpaired) electrons. The Morgan fingerprint density at radius 1 is 1.73 bits per heavy atom. The van der Waals surface area contributed by atoms with Crippen molar-refractivity contribution in [2.45, 2.75) is 25.8 Å². The average Bonchev–Trinajstić information content (AvgIpc) is 2.27. The van der Waals surface area contributed by atoms with Crippen molar-refractivity contribution >= 4 is 0 Å². The third-order valence-corrected chi connectivity index (χ3v) is 2.31. The summed E-state index contributed by atoms with van der Waals surface area (Å²) < 4.78 is 1.56. The highest BCUT2D eigenvalue weighted by Crippen LogP contribution is 2.12. The van der Waals surface area contributed by atoms with Crippen LogP contribution in [0.4, 0.5) is 0 Å². The number of rotatable bonds is 4. The van der Waals surface area contributed by atoms with Crippen LogP contribution in [0.15, 0.2) is 35.8 Å². The highest BCUT2D eigenvalue weighted by molar-refractivity contribution is 5.25. The molecule has 1 heterocycles. The molecule has 0 aliphatic heterocycles. The predicted octanol–water partition coefficient (Wildman–Crippen LogP) is 2.25. The molecule has 0 saturated heterocycles. The van der Waals surface area contributed by atoms with Gasteiger partial charge in [0, 0.05) is 6.20 Å². The number of nitriles is 1. The number of aromatic nitrogens is 1. The monoisotopic (exact) mass is 202 g/mol. The lowest BCUT2D eigenvalue weighted by Gasteiger charge is -2.14. The SMILES string of the molecule is C=C[C@H](CCC)n1cccc(C#N)c1=O. The van der Waals surface area contributed by atoms with Crippen molar-refractivity contribution in [2.24, 2.45) is 0 Å². The molecule has 0 spiro atoms. The number of pyridine rings is 1. The average molecular weight is 202 g/mol. The minimum absolute atomic E-state index is 0.0178. The highest BCUT2D eigenvalue weighted by atomic mass is 16.1. The van der Waals surface area contributed by atoms with Crippen LogP contribution < -0.4 is 5.56 Å². The molecule has 3 nitrogen and oxygen atoms in total. The van der Waals surface area contributed by atoms with E-state index in [0.29, 0.717) is 0 Å². The Kier molecular flexibility index (Phi) is 3.87.